The first-order valence-corrected chi connectivity index (χ1v) is 9.12. The van der Waals surface area contributed by atoms with Crippen LogP contribution in [0.4, 0.5) is 26.3 Å². The molecule has 1 rings (SSSR count). The predicted octanol–water partition coefficient (Wildman–Crippen LogP) is 3.64. The fourth-order valence-electron chi connectivity index (χ4n) is 2.67. The molecule has 148 valence electrons. The number of halogens is 6. The first-order chi connectivity index (χ1) is 11.2. The molecule has 25 heavy (non-hydrogen) atoms. The summed E-state index contributed by atoms with van der Waals surface area (Å²) in [7, 11) is -5.75. The van der Waals surface area contributed by atoms with E-state index >= 15 is 0 Å². The van der Waals surface area contributed by atoms with Gasteiger partial charge in [0.25, 0.3) is 10.1 Å². The largest absolute Gasteiger partial charge is 0.438 e. The maximum absolute atomic E-state index is 13.1. The number of hydrogen-bond donors (Lipinski definition) is 1. The Kier molecular flexibility index (Phi) is 6.76. The van der Waals surface area contributed by atoms with Gasteiger partial charge in [0, 0.05) is 0 Å². The topological polar surface area (TPSA) is 80.7 Å². The summed E-state index contributed by atoms with van der Waals surface area (Å²) >= 11 is 0. The van der Waals surface area contributed by atoms with Gasteiger partial charge in [-0.3, -0.25) is 9.35 Å². The molecule has 0 amide bonds. The number of esters is 1. The normalized spacial score (nSPS) is 19.2. The first kappa shape index (κ1) is 22.0. The highest BCUT2D eigenvalue weighted by atomic mass is 32.2. The van der Waals surface area contributed by atoms with Gasteiger partial charge in [-0.25, -0.2) is 0 Å². The van der Waals surface area contributed by atoms with E-state index in [2.05, 4.69) is 4.74 Å². The summed E-state index contributed by atoms with van der Waals surface area (Å²) < 4.78 is 112. The molecule has 0 saturated heterocycles. The SMILES string of the molecule is O=C(OC(CS(=O)(=O)O)(C(F)(F)F)C(F)(F)F)C1CCCCCCC1. The van der Waals surface area contributed by atoms with Crippen LogP contribution in [0.15, 0.2) is 0 Å². The molecule has 0 aromatic heterocycles. The molecular weight excluding hydrogens is 382 g/mol. The summed E-state index contributed by atoms with van der Waals surface area (Å²) in [5.74, 6) is -5.79. The smallest absolute Gasteiger partial charge is 0.438 e. The molecule has 12 heteroatoms. The van der Waals surface area contributed by atoms with Crippen LogP contribution >= 0.6 is 0 Å². The van der Waals surface area contributed by atoms with Gasteiger partial charge in [-0.2, -0.15) is 34.8 Å². The molecular formula is C13H18F6O5S. The van der Waals surface area contributed by atoms with Crippen LogP contribution in [-0.4, -0.2) is 42.6 Å². The maximum atomic E-state index is 13.1. The van der Waals surface area contributed by atoms with E-state index in [-0.39, 0.29) is 12.8 Å². The summed E-state index contributed by atoms with van der Waals surface area (Å²) in [5, 5.41) is 0. The van der Waals surface area contributed by atoms with E-state index in [0.717, 1.165) is 6.42 Å². The molecule has 0 atom stereocenters. The van der Waals surface area contributed by atoms with Crippen LogP contribution < -0.4 is 0 Å². The summed E-state index contributed by atoms with van der Waals surface area (Å²) in [5.41, 5.74) is -5.31. The second-order valence-electron chi connectivity index (χ2n) is 6.01. The van der Waals surface area contributed by atoms with Crippen molar-refractivity contribution < 1.29 is 48.8 Å². The van der Waals surface area contributed by atoms with E-state index in [1.165, 1.54) is 0 Å². The Hall–Kier alpha value is -1.04. The lowest BCUT2D eigenvalue weighted by atomic mass is 9.91. The Labute approximate surface area is 140 Å². The van der Waals surface area contributed by atoms with Gasteiger partial charge in [0.15, 0.2) is 0 Å². The van der Waals surface area contributed by atoms with Crippen molar-refractivity contribution in [1.82, 2.24) is 0 Å². The van der Waals surface area contributed by atoms with Crippen molar-refractivity contribution in [2.75, 3.05) is 5.75 Å². The molecule has 0 aromatic rings. The van der Waals surface area contributed by atoms with Gasteiger partial charge in [-0.15, -0.1) is 0 Å². The number of hydrogen-bond acceptors (Lipinski definition) is 4. The van der Waals surface area contributed by atoms with Crippen molar-refractivity contribution in [3.05, 3.63) is 0 Å². The number of carbonyl (C=O) groups excluding carboxylic acids is 1. The van der Waals surface area contributed by atoms with Gasteiger partial charge in [0.05, 0.1) is 5.92 Å². The molecule has 0 aromatic carbocycles. The third-order valence-corrected chi connectivity index (χ3v) is 4.79. The van der Waals surface area contributed by atoms with Crippen molar-refractivity contribution in [1.29, 1.82) is 0 Å². The highest BCUT2D eigenvalue weighted by Crippen LogP contribution is 2.47. The zero-order valence-corrected chi connectivity index (χ0v) is 13.8. The van der Waals surface area contributed by atoms with Gasteiger partial charge in [0.1, 0.15) is 5.75 Å². The zero-order chi connectivity index (χ0) is 19.5. The van der Waals surface area contributed by atoms with Gasteiger partial charge >= 0.3 is 23.9 Å². The number of rotatable bonds is 4. The average Bonchev–Trinajstić information content (AvgIpc) is 2.32. The lowest BCUT2D eigenvalue weighted by Crippen LogP contribution is -2.63. The fraction of sp³-hybridized carbons (Fsp3) is 0.923. The molecule has 0 radical (unpaired) electrons. The Morgan fingerprint density at radius 1 is 0.920 bits per heavy atom. The van der Waals surface area contributed by atoms with Crippen molar-refractivity contribution in [2.24, 2.45) is 5.92 Å². The van der Waals surface area contributed by atoms with Crippen molar-refractivity contribution in [2.45, 2.75) is 62.9 Å². The summed E-state index contributed by atoms with van der Waals surface area (Å²) in [6.07, 6.45) is -9.38. The minimum absolute atomic E-state index is 0.0521. The second kappa shape index (κ2) is 7.68. The van der Waals surface area contributed by atoms with Gasteiger partial charge in [0.2, 0.25) is 0 Å². The average molecular weight is 400 g/mol. The third-order valence-electron chi connectivity index (χ3n) is 4.01. The van der Waals surface area contributed by atoms with E-state index in [0.29, 0.717) is 25.7 Å². The predicted molar refractivity (Wildman–Crippen MR) is 73.2 cm³/mol. The van der Waals surface area contributed by atoms with E-state index in [4.69, 9.17) is 4.55 Å². The number of ether oxygens (including phenoxy) is 1. The maximum Gasteiger partial charge on any atom is 0.438 e. The van der Waals surface area contributed by atoms with E-state index in [9.17, 15) is 39.6 Å². The van der Waals surface area contributed by atoms with E-state index < -0.39 is 45.7 Å². The van der Waals surface area contributed by atoms with Crippen LogP contribution in [0, 0.1) is 5.92 Å². The lowest BCUT2D eigenvalue weighted by Gasteiger charge is -2.36. The molecule has 0 heterocycles. The highest BCUT2D eigenvalue weighted by Gasteiger charge is 2.76. The van der Waals surface area contributed by atoms with Gasteiger partial charge in [-0.05, 0) is 12.8 Å². The molecule has 1 saturated carbocycles. The first-order valence-electron chi connectivity index (χ1n) is 7.51. The molecule has 1 N–H and O–H groups in total. The van der Waals surface area contributed by atoms with Crippen LogP contribution in [0.3, 0.4) is 0 Å². The quantitative estimate of drug-likeness (QED) is 0.443. The summed E-state index contributed by atoms with van der Waals surface area (Å²) in [4.78, 5) is 12.0. The van der Waals surface area contributed by atoms with Crippen molar-refractivity contribution in [3.63, 3.8) is 0 Å². The van der Waals surface area contributed by atoms with Crippen molar-refractivity contribution >= 4 is 16.1 Å². The minimum atomic E-state index is -6.28. The summed E-state index contributed by atoms with van der Waals surface area (Å²) in [6.45, 7) is 0. The van der Waals surface area contributed by atoms with Gasteiger partial charge < -0.3 is 4.74 Å². The molecule has 5 nitrogen and oxygen atoms in total. The standard InChI is InChI=1S/C13H18F6O5S/c14-12(15,16)11(13(17,18)19,8-25(21,22)23)24-10(20)9-6-4-2-1-3-5-7-9/h9H,1-8H2,(H,21,22,23). The number of carbonyl (C=O) groups is 1. The molecule has 1 fully saturated rings. The summed E-state index contributed by atoms with van der Waals surface area (Å²) in [6, 6.07) is 0. The minimum Gasteiger partial charge on any atom is -0.438 e. The molecule has 0 bridgehead atoms. The highest BCUT2D eigenvalue weighted by molar-refractivity contribution is 7.85. The van der Waals surface area contributed by atoms with Crippen LogP contribution in [0.5, 0.6) is 0 Å². The van der Waals surface area contributed by atoms with Crippen LogP contribution in [0.1, 0.15) is 44.9 Å². The fourth-order valence-corrected chi connectivity index (χ4v) is 3.57. The Balaban J connectivity index is 3.20. The molecule has 1 aliphatic rings. The number of alkyl halides is 6. The lowest BCUT2D eigenvalue weighted by molar-refractivity contribution is -0.362. The molecule has 0 unspecified atom stereocenters. The van der Waals surface area contributed by atoms with Crippen LogP contribution in [-0.2, 0) is 19.6 Å². The zero-order valence-electron chi connectivity index (χ0n) is 13.0. The monoisotopic (exact) mass is 400 g/mol. The van der Waals surface area contributed by atoms with Gasteiger partial charge in [-0.1, -0.05) is 32.1 Å². The Morgan fingerprint density at radius 3 is 1.68 bits per heavy atom. The van der Waals surface area contributed by atoms with Crippen LogP contribution in [0.2, 0.25) is 0 Å². The second-order valence-corrected chi connectivity index (χ2v) is 7.46. The molecule has 1 aliphatic carbocycles. The van der Waals surface area contributed by atoms with E-state index in [1.807, 2.05) is 0 Å². The third kappa shape index (κ3) is 5.73. The van der Waals surface area contributed by atoms with Crippen molar-refractivity contribution in [3.8, 4) is 0 Å². The Morgan fingerprint density at radius 2 is 1.32 bits per heavy atom. The molecule has 0 spiro atoms. The van der Waals surface area contributed by atoms with E-state index in [1.54, 1.807) is 0 Å². The molecule has 0 aliphatic heterocycles. The Bertz CT molecular complexity index is 546. The van der Waals surface area contributed by atoms with Crippen LogP contribution in [0.25, 0.3) is 0 Å².